The minimum Gasteiger partial charge on any atom is -0.485 e. The fourth-order valence-corrected chi connectivity index (χ4v) is 2.46. The lowest BCUT2D eigenvalue weighted by Crippen LogP contribution is -2.21. The number of halogens is 1. The molecule has 3 heteroatoms. The van der Waals surface area contributed by atoms with Gasteiger partial charge in [0.1, 0.15) is 6.61 Å². The van der Waals surface area contributed by atoms with Gasteiger partial charge in [0.15, 0.2) is 17.6 Å². The van der Waals surface area contributed by atoms with E-state index in [0.717, 1.165) is 17.1 Å². The zero-order valence-electron chi connectivity index (χ0n) is 10.7. The van der Waals surface area contributed by atoms with Crippen molar-refractivity contribution >= 4 is 15.9 Å². The molecule has 2 atom stereocenters. The smallest absolute Gasteiger partial charge is 0.162 e. The second kappa shape index (κ2) is 5.25. The van der Waals surface area contributed by atoms with Gasteiger partial charge in [-0.05, 0) is 30.2 Å². The summed E-state index contributed by atoms with van der Waals surface area (Å²) in [6.07, 6.45) is -0.0328. The molecule has 0 bridgehead atoms. The molecule has 1 aliphatic heterocycles. The summed E-state index contributed by atoms with van der Waals surface area (Å²) in [5.41, 5.74) is 2.41. The summed E-state index contributed by atoms with van der Waals surface area (Å²) in [7, 11) is 0. The number of para-hydroxylation sites is 2. The predicted octanol–water partition coefficient (Wildman–Crippen LogP) is 4.66. The monoisotopic (exact) mass is 318 g/mol. The van der Waals surface area contributed by atoms with E-state index < -0.39 is 0 Å². The van der Waals surface area contributed by atoms with Crippen LogP contribution in [0.15, 0.2) is 48.5 Å². The average molecular weight is 319 g/mol. The molecule has 1 aliphatic rings. The van der Waals surface area contributed by atoms with Crippen LogP contribution in [0, 0.1) is 0 Å². The van der Waals surface area contributed by atoms with Crippen molar-refractivity contribution in [1.82, 2.24) is 0 Å². The van der Waals surface area contributed by atoms with E-state index in [0.29, 0.717) is 11.4 Å². The molecule has 2 aromatic rings. The van der Waals surface area contributed by atoms with E-state index in [2.05, 4.69) is 47.1 Å². The van der Waals surface area contributed by atoms with Crippen molar-refractivity contribution in [1.29, 1.82) is 0 Å². The third kappa shape index (κ3) is 2.61. The van der Waals surface area contributed by atoms with Gasteiger partial charge in [0.2, 0.25) is 0 Å². The van der Waals surface area contributed by atoms with Crippen molar-refractivity contribution in [2.24, 2.45) is 0 Å². The molecule has 2 nitrogen and oxygen atoms in total. The Balaban J connectivity index is 1.81. The molecule has 2 aromatic carbocycles. The van der Waals surface area contributed by atoms with Gasteiger partial charge in [-0.1, -0.05) is 52.3 Å². The third-order valence-corrected chi connectivity index (χ3v) is 3.80. The Kier molecular flexibility index (Phi) is 3.47. The first kappa shape index (κ1) is 12.5. The molecule has 3 rings (SSSR count). The summed E-state index contributed by atoms with van der Waals surface area (Å²) in [6, 6.07) is 16.2. The molecular weight excluding hydrogens is 304 g/mol. The van der Waals surface area contributed by atoms with Crippen molar-refractivity contribution in [2.75, 3.05) is 6.61 Å². The van der Waals surface area contributed by atoms with Gasteiger partial charge in [0.05, 0.1) is 0 Å². The SMILES string of the molecule is C[C@H](Br)c1ccc(C2COc3ccccc3O2)cc1. The molecule has 0 aromatic heterocycles. The maximum atomic E-state index is 5.98. The number of ether oxygens (including phenoxy) is 2. The molecular formula is C16H15BrO2. The van der Waals surface area contributed by atoms with E-state index in [1.165, 1.54) is 5.56 Å². The zero-order chi connectivity index (χ0) is 13.2. The minimum atomic E-state index is -0.0328. The predicted molar refractivity (Wildman–Crippen MR) is 79.1 cm³/mol. The molecule has 98 valence electrons. The molecule has 0 spiro atoms. The molecule has 0 saturated carbocycles. The molecule has 1 unspecified atom stereocenters. The van der Waals surface area contributed by atoms with E-state index >= 15 is 0 Å². The second-order valence-electron chi connectivity index (χ2n) is 4.65. The lowest BCUT2D eigenvalue weighted by Gasteiger charge is -2.26. The highest BCUT2D eigenvalue weighted by Crippen LogP contribution is 2.36. The number of fused-ring (bicyclic) bond motifs is 1. The normalized spacial score (nSPS) is 18.9. The highest BCUT2D eigenvalue weighted by Gasteiger charge is 2.22. The van der Waals surface area contributed by atoms with Crippen LogP contribution in [-0.2, 0) is 0 Å². The summed E-state index contributed by atoms with van der Waals surface area (Å²) in [6.45, 7) is 2.67. The van der Waals surface area contributed by atoms with Gasteiger partial charge < -0.3 is 9.47 Å². The van der Waals surface area contributed by atoms with Crippen LogP contribution in [0.4, 0.5) is 0 Å². The van der Waals surface area contributed by atoms with E-state index in [-0.39, 0.29) is 6.10 Å². The van der Waals surface area contributed by atoms with Crippen LogP contribution in [0.2, 0.25) is 0 Å². The molecule has 0 saturated heterocycles. The second-order valence-corrected chi connectivity index (χ2v) is 6.02. The molecule has 0 fully saturated rings. The molecule has 19 heavy (non-hydrogen) atoms. The molecule has 0 aliphatic carbocycles. The van der Waals surface area contributed by atoms with Crippen molar-refractivity contribution < 1.29 is 9.47 Å². The molecule has 1 heterocycles. The topological polar surface area (TPSA) is 18.5 Å². The first-order valence-corrected chi connectivity index (χ1v) is 7.28. The van der Waals surface area contributed by atoms with Gasteiger partial charge in [-0.3, -0.25) is 0 Å². The number of benzene rings is 2. The first-order chi connectivity index (χ1) is 9.24. The van der Waals surface area contributed by atoms with E-state index in [1.807, 2.05) is 24.3 Å². The number of rotatable bonds is 2. The number of hydrogen-bond donors (Lipinski definition) is 0. The molecule has 0 N–H and O–H groups in total. The fourth-order valence-electron chi connectivity index (χ4n) is 2.16. The van der Waals surface area contributed by atoms with Gasteiger partial charge in [-0.2, -0.15) is 0 Å². The summed E-state index contributed by atoms with van der Waals surface area (Å²) in [5, 5.41) is 0. The lowest BCUT2D eigenvalue weighted by molar-refractivity contribution is 0.0913. The van der Waals surface area contributed by atoms with Gasteiger partial charge >= 0.3 is 0 Å². The van der Waals surface area contributed by atoms with Crippen LogP contribution in [0.3, 0.4) is 0 Å². The number of hydrogen-bond acceptors (Lipinski definition) is 2. The third-order valence-electron chi connectivity index (χ3n) is 3.28. The van der Waals surface area contributed by atoms with Crippen molar-refractivity contribution in [3.63, 3.8) is 0 Å². The Morgan fingerprint density at radius 3 is 2.42 bits per heavy atom. The van der Waals surface area contributed by atoms with Gasteiger partial charge in [-0.25, -0.2) is 0 Å². The largest absolute Gasteiger partial charge is 0.485 e. The summed E-state index contributed by atoms with van der Waals surface area (Å²) in [5.74, 6) is 1.64. The van der Waals surface area contributed by atoms with Gasteiger partial charge in [0, 0.05) is 4.83 Å². The van der Waals surface area contributed by atoms with Crippen LogP contribution >= 0.6 is 15.9 Å². The van der Waals surface area contributed by atoms with Gasteiger partial charge in [0.25, 0.3) is 0 Å². The molecule has 0 amide bonds. The molecule has 0 radical (unpaired) electrons. The van der Waals surface area contributed by atoms with Crippen LogP contribution < -0.4 is 9.47 Å². The Hall–Kier alpha value is -1.48. The first-order valence-electron chi connectivity index (χ1n) is 6.36. The van der Waals surface area contributed by atoms with E-state index in [9.17, 15) is 0 Å². The van der Waals surface area contributed by atoms with Gasteiger partial charge in [-0.15, -0.1) is 0 Å². The summed E-state index contributed by atoms with van der Waals surface area (Å²) in [4.78, 5) is 0.366. The minimum absolute atomic E-state index is 0.0328. The van der Waals surface area contributed by atoms with Crippen LogP contribution in [0.1, 0.15) is 29.0 Å². The zero-order valence-corrected chi connectivity index (χ0v) is 12.3. The highest BCUT2D eigenvalue weighted by molar-refractivity contribution is 9.09. The Labute approximate surface area is 121 Å². The van der Waals surface area contributed by atoms with Crippen molar-refractivity contribution in [3.8, 4) is 11.5 Å². The van der Waals surface area contributed by atoms with Crippen LogP contribution in [-0.4, -0.2) is 6.61 Å². The van der Waals surface area contributed by atoms with Crippen molar-refractivity contribution in [2.45, 2.75) is 17.9 Å². The lowest BCUT2D eigenvalue weighted by atomic mass is 10.1. The summed E-state index contributed by atoms with van der Waals surface area (Å²) >= 11 is 3.57. The average Bonchev–Trinajstić information content (AvgIpc) is 2.47. The quantitative estimate of drug-likeness (QED) is 0.750. The van der Waals surface area contributed by atoms with E-state index in [1.54, 1.807) is 0 Å². The highest BCUT2D eigenvalue weighted by atomic mass is 79.9. The Morgan fingerprint density at radius 1 is 1.05 bits per heavy atom. The Morgan fingerprint density at radius 2 is 1.74 bits per heavy atom. The van der Waals surface area contributed by atoms with Crippen LogP contribution in [0.25, 0.3) is 0 Å². The fraction of sp³-hybridized carbons (Fsp3) is 0.250. The maximum absolute atomic E-state index is 5.98. The number of alkyl halides is 1. The van der Waals surface area contributed by atoms with Crippen LogP contribution in [0.5, 0.6) is 11.5 Å². The standard InChI is InChI=1S/C16H15BrO2/c1-11(17)12-6-8-13(9-7-12)16-10-18-14-4-2-3-5-15(14)19-16/h2-9,11,16H,10H2,1H3/t11-,16?/m0/s1. The summed E-state index contributed by atoms with van der Waals surface area (Å²) < 4.78 is 11.7. The van der Waals surface area contributed by atoms with E-state index in [4.69, 9.17) is 9.47 Å². The maximum Gasteiger partial charge on any atom is 0.162 e. The van der Waals surface area contributed by atoms with Crippen molar-refractivity contribution in [3.05, 3.63) is 59.7 Å². The Bertz CT molecular complexity index is 563.